The third kappa shape index (κ3) is 8.69. The van der Waals surface area contributed by atoms with Crippen molar-refractivity contribution < 1.29 is 18.0 Å². The van der Waals surface area contributed by atoms with Gasteiger partial charge in [-0.05, 0) is 61.6 Å². The van der Waals surface area contributed by atoms with Crippen LogP contribution in [0, 0.1) is 0 Å². The number of aromatic nitrogens is 2. The second-order valence-electron chi connectivity index (χ2n) is 8.98. The summed E-state index contributed by atoms with van der Waals surface area (Å²) in [5, 5.41) is 6.80. The molecule has 1 aromatic heterocycles. The lowest BCUT2D eigenvalue weighted by atomic mass is 10.2. The summed E-state index contributed by atoms with van der Waals surface area (Å²) < 4.78 is 41.1. The van der Waals surface area contributed by atoms with E-state index in [9.17, 15) is 18.0 Å². The fourth-order valence-electron chi connectivity index (χ4n) is 4.00. The van der Waals surface area contributed by atoms with Crippen LogP contribution in [0.1, 0.15) is 95.9 Å². The minimum atomic E-state index is -4.51. The number of hydrogen-bond donors (Lipinski definition) is 1. The van der Waals surface area contributed by atoms with Crippen LogP contribution in [0.2, 0.25) is 0 Å². The van der Waals surface area contributed by atoms with Gasteiger partial charge in [0.1, 0.15) is 0 Å². The first-order valence-corrected chi connectivity index (χ1v) is 12.8. The van der Waals surface area contributed by atoms with Gasteiger partial charge in [-0.25, -0.2) is 0 Å². The lowest BCUT2D eigenvalue weighted by molar-refractivity contribution is -0.142. The van der Waals surface area contributed by atoms with Crippen molar-refractivity contribution >= 4 is 21.8 Å². The standard InChI is InChI=1S/C23H38BrF3N4O/c1-4-6-8-13-30(14-9-7-5-2)16-17(3)28-19(32)12-15-31-21(18-10-11-18)20(24)22(29-31)23(25,26)27/h17-18H,4-16H2,1-3H3,(H,28,32). The van der Waals surface area contributed by atoms with Gasteiger partial charge in [0.15, 0.2) is 5.69 Å². The van der Waals surface area contributed by atoms with Gasteiger partial charge in [0.25, 0.3) is 0 Å². The SMILES string of the molecule is CCCCCN(CCCCC)CC(C)NC(=O)CCn1nc(C(F)(F)F)c(Br)c1C1CC1. The molecule has 184 valence electrons. The topological polar surface area (TPSA) is 50.2 Å². The summed E-state index contributed by atoms with van der Waals surface area (Å²) >= 11 is 3.10. The molecular formula is C23H38BrF3N4O. The molecule has 32 heavy (non-hydrogen) atoms. The Balaban J connectivity index is 1.88. The number of hydrogen-bond acceptors (Lipinski definition) is 3. The van der Waals surface area contributed by atoms with Crippen molar-refractivity contribution in [1.82, 2.24) is 20.0 Å². The van der Waals surface area contributed by atoms with Crippen LogP contribution >= 0.6 is 15.9 Å². The van der Waals surface area contributed by atoms with E-state index in [4.69, 9.17) is 0 Å². The molecule has 1 heterocycles. The van der Waals surface area contributed by atoms with E-state index >= 15 is 0 Å². The summed E-state index contributed by atoms with van der Waals surface area (Å²) in [6, 6.07) is -0.0104. The maximum atomic E-state index is 13.3. The van der Waals surface area contributed by atoms with E-state index in [2.05, 4.69) is 45.1 Å². The average Bonchev–Trinajstić information content (AvgIpc) is 3.48. The predicted molar refractivity (Wildman–Crippen MR) is 125 cm³/mol. The van der Waals surface area contributed by atoms with Crippen molar-refractivity contribution in [3.05, 3.63) is 15.9 Å². The highest BCUT2D eigenvalue weighted by molar-refractivity contribution is 9.10. The van der Waals surface area contributed by atoms with Crippen LogP contribution in [0.25, 0.3) is 0 Å². The summed E-state index contributed by atoms with van der Waals surface area (Å²) in [4.78, 5) is 14.9. The zero-order valence-corrected chi connectivity index (χ0v) is 21.2. The highest BCUT2D eigenvalue weighted by Crippen LogP contribution is 2.47. The minimum absolute atomic E-state index is 0.0104. The Morgan fingerprint density at radius 1 is 1.19 bits per heavy atom. The summed E-state index contributed by atoms with van der Waals surface area (Å²) in [5.74, 6) is -0.0590. The first kappa shape index (κ1) is 27.2. The van der Waals surface area contributed by atoms with Gasteiger partial charge in [-0.3, -0.25) is 9.48 Å². The third-order valence-corrected chi connectivity index (χ3v) is 6.59. The molecule has 9 heteroatoms. The molecule has 2 rings (SSSR count). The minimum Gasteiger partial charge on any atom is -0.352 e. The molecule has 0 spiro atoms. The molecule has 1 N–H and O–H groups in total. The number of carbonyl (C=O) groups is 1. The lowest BCUT2D eigenvalue weighted by Gasteiger charge is -2.26. The first-order chi connectivity index (χ1) is 15.2. The number of rotatable bonds is 15. The van der Waals surface area contributed by atoms with Crippen LogP contribution in [0.3, 0.4) is 0 Å². The van der Waals surface area contributed by atoms with Gasteiger partial charge < -0.3 is 10.2 Å². The maximum Gasteiger partial charge on any atom is 0.436 e. The maximum absolute atomic E-state index is 13.3. The summed E-state index contributed by atoms with van der Waals surface area (Å²) in [7, 11) is 0. The van der Waals surface area contributed by atoms with Gasteiger partial charge in [0, 0.05) is 24.9 Å². The van der Waals surface area contributed by atoms with Crippen molar-refractivity contribution in [1.29, 1.82) is 0 Å². The molecule has 0 aromatic carbocycles. The van der Waals surface area contributed by atoms with Crippen molar-refractivity contribution in [2.75, 3.05) is 19.6 Å². The molecule has 1 unspecified atom stereocenters. The Kier molecular flexibility index (Phi) is 11.0. The molecule has 0 bridgehead atoms. The molecular weight excluding hydrogens is 485 g/mol. The van der Waals surface area contributed by atoms with Crippen molar-refractivity contribution in [2.24, 2.45) is 0 Å². The Bertz CT molecular complexity index is 709. The van der Waals surface area contributed by atoms with Crippen molar-refractivity contribution in [3.63, 3.8) is 0 Å². The van der Waals surface area contributed by atoms with Crippen LogP contribution in [-0.2, 0) is 17.5 Å². The Morgan fingerprint density at radius 3 is 2.28 bits per heavy atom. The summed E-state index contributed by atoms with van der Waals surface area (Å²) in [6.07, 6.45) is 4.39. The zero-order valence-electron chi connectivity index (χ0n) is 19.6. The molecule has 1 amide bonds. The average molecular weight is 523 g/mol. The molecule has 0 aliphatic heterocycles. The summed E-state index contributed by atoms with van der Waals surface area (Å²) in [6.45, 7) is 9.37. The first-order valence-electron chi connectivity index (χ1n) is 12.0. The normalized spacial score (nSPS) is 15.4. The molecule has 1 aromatic rings. The van der Waals surface area contributed by atoms with Crippen molar-refractivity contribution in [3.8, 4) is 0 Å². The third-order valence-electron chi connectivity index (χ3n) is 5.81. The van der Waals surface area contributed by atoms with Gasteiger partial charge >= 0.3 is 6.18 Å². The molecule has 1 aliphatic rings. The quantitative estimate of drug-likeness (QED) is 0.282. The zero-order chi connectivity index (χ0) is 23.7. The highest BCUT2D eigenvalue weighted by Gasteiger charge is 2.41. The van der Waals surface area contributed by atoms with E-state index in [1.807, 2.05) is 6.92 Å². The van der Waals surface area contributed by atoms with Crippen LogP contribution < -0.4 is 5.32 Å². The molecule has 1 saturated carbocycles. The number of halogens is 4. The number of amides is 1. The van der Waals surface area contributed by atoms with E-state index in [0.29, 0.717) is 5.69 Å². The fraction of sp³-hybridized carbons (Fsp3) is 0.826. The summed E-state index contributed by atoms with van der Waals surface area (Å²) in [5.41, 5.74) is -0.334. The number of unbranched alkanes of at least 4 members (excludes halogenated alkanes) is 4. The van der Waals surface area contributed by atoms with Gasteiger partial charge in [-0.15, -0.1) is 0 Å². The van der Waals surface area contributed by atoms with Gasteiger partial charge in [0.05, 0.1) is 16.7 Å². The van der Waals surface area contributed by atoms with Gasteiger partial charge in [0.2, 0.25) is 5.91 Å². The fourth-order valence-corrected chi connectivity index (χ4v) is 4.84. The lowest BCUT2D eigenvalue weighted by Crippen LogP contribution is -2.43. The van der Waals surface area contributed by atoms with Crippen LogP contribution in [0.4, 0.5) is 13.2 Å². The van der Waals surface area contributed by atoms with Crippen LogP contribution in [-0.4, -0.2) is 46.3 Å². The Hall–Kier alpha value is -1.09. The highest BCUT2D eigenvalue weighted by atomic mass is 79.9. The monoisotopic (exact) mass is 522 g/mol. The van der Waals surface area contributed by atoms with E-state index in [-0.39, 0.29) is 35.3 Å². The number of aryl methyl sites for hydroxylation is 1. The number of nitrogens with one attached hydrogen (secondary N) is 1. The van der Waals surface area contributed by atoms with Crippen molar-refractivity contribution in [2.45, 2.75) is 103 Å². The smallest absolute Gasteiger partial charge is 0.352 e. The van der Waals surface area contributed by atoms with E-state index < -0.39 is 11.9 Å². The molecule has 1 fully saturated rings. The van der Waals surface area contributed by atoms with E-state index in [1.54, 1.807) is 0 Å². The Labute approximate surface area is 198 Å². The molecule has 5 nitrogen and oxygen atoms in total. The van der Waals surface area contributed by atoms with Gasteiger partial charge in [-0.2, -0.15) is 18.3 Å². The van der Waals surface area contributed by atoms with E-state index in [1.165, 1.54) is 30.4 Å². The second-order valence-corrected chi connectivity index (χ2v) is 9.77. The molecule has 0 saturated heterocycles. The molecule has 0 radical (unpaired) electrons. The molecule has 1 atom stereocenters. The predicted octanol–water partition coefficient (Wildman–Crippen LogP) is 6.12. The Morgan fingerprint density at radius 2 is 1.78 bits per heavy atom. The molecule has 1 aliphatic carbocycles. The van der Waals surface area contributed by atoms with Gasteiger partial charge in [-0.1, -0.05) is 39.5 Å². The largest absolute Gasteiger partial charge is 0.436 e. The second kappa shape index (κ2) is 13.0. The number of nitrogens with zero attached hydrogens (tertiary/aromatic N) is 3. The van der Waals surface area contributed by atoms with Crippen LogP contribution in [0.5, 0.6) is 0 Å². The number of carbonyl (C=O) groups excluding carboxylic acids is 1. The number of alkyl halides is 3. The van der Waals surface area contributed by atoms with Crippen LogP contribution in [0.15, 0.2) is 4.47 Å². The van der Waals surface area contributed by atoms with E-state index in [0.717, 1.165) is 45.3 Å².